The van der Waals surface area contributed by atoms with E-state index in [-0.39, 0.29) is 11.3 Å². The molecule has 1 aliphatic rings. The Balaban J connectivity index is 2.11. The summed E-state index contributed by atoms with van der Waals surface area (Å²) in [7, 11) is 0. The van der Waals surface area contributed by atoms with E-state index in [4.69, 9.17) is 9.26 Å². The van der Waals surface area contributed by atoms with Gasteiger partial charge >= 0.3 is 0 Å². The first-order valence-electron chi connectivity index (χ1n) is 7.17. The predicted octanol–water partition coefficient (Wildman–Crippen LogP) is 2.24. The maximum Gasteiger partial charge on any atom is 0.233 e. The van der Waals surface area contributed by atoms with E-state index < -0.39 is 0 Å². The largest absolute Gasteiger partial charge is 0.381 e. The number of hydrogen-bond donors (Lipinski definition) is 1. The van der Waals surface area contributed by atoms with E-state index in [0.717, 1.165) is 31.8 Å². The Bertz CT molecular complexity index is 398. The SMILES string of the molecule is CCCNC1CCOCC1c1nc(C(C)(C)C)no1. The molecule has 1 saturated heterocycles. The average molecular weight is 267 g/mol. The molecule has 2 atom stereocenters. The lowest BCUT2D eigenvalue weighted by atomic mass is 9.94. The fourth-order valence-corrected chi connectivity index (χ4v) is 2.25. The molecule has 0 radical (unpaired) electrons. The molecule has 1 N–H and O–H groups in total. The molecule has 0 spiro atoms. The molecule has 1 aromatic heterocycles. The molecule has 0 aliphatic carbocycles. The normalized spacial score (nSPS) is 24.6. The highest BCUT2D eigenvalue weighted by atomic mass is 16.5. The van der Waals surface area contributed by atoms with Crippen LogP contribution in [0.25, 0.3) is 0 Å². The molecule has 19 heavy (non-hydrogen) atoms. The maximum atomic E-state index is 5.57. The quantitative estimate of drug-likeness (QED) is 0.906. The molecular formula is C14H25N3O2. The summed E-state index contributed by atoms with van der Waals surface area (Å²) in [6.07, 6.45) is 2.12. The summed E-state index contributed by atoms with van der Waals surface area (Å²) in [4.78, 5) is 4.57. The lowest BCUT2D eigenvalue weighted by molar-refractivity contribution is 0.0498. The van der Waals surface area contributed by atoms with Crippen molar-refractivity contribution in [1.82, 2.24) is 15.5 Å². The zero-order valence-electron chi connectivity index (χ0n) is 12.4. The Morgan fingerprint density at radius 1 is 1.37 bits per heavy atom. The first kappa shape index (κ1) is 14.5. The van der Waals surface area contributed by atoms with Gasteiger partial charge in [-0.05, 0) is 19.4 Å². The molecule has 108 valence electrons. The number of ether oxygens (including phenoxy) is 1. The van der Waals surface area contributed by atoms with Crippen LogP contribution in [-0.4, -0.2) is 35.9 Å². The molecule has 5 heteroatoms. The average Bonchev–Trinajstić information content (AvgIpc) is 2.86. The first-order chi connectivity index (χ1) is 9.02. The van der Waals surface area contributed by atoms with Crippen LogP contribution in [0.5, 0.6) is 0 Å². The summed E-state index contributed by atoms with van der Waals surface area (Å²) in [5.41, 5.74) is -0.0797. The number of hydrogen-bond acceptors (Lipinski definition) is 5. The number of rotatable bonds is 4. The smallest absolute Gasteiger partial charge is 0.233 e. The molecule has 1 aromatic rings. The van der Waals surface area contributed by atoms with Gasteiger partial charge in [-0.1, -0.05) is 32.9 Å². The summed E-state index contributed by atoms with van der Waals surface area (Å²) in [6, 6.07) is 0.377. The Morgan fingerprint density at radius 2 is 2.16 bits per heavy atom. The Kier molecular flexibility index (Phi) is 4.58. The predicted molar refractivity (Wildman–Crippen MR) is 73.3 cm³/mol. The zero-order chi connectivity index (χ0) is 13.9. The van der Waals surface area contributed by atoms with Crippen molar-refractivity contribution in [3.63, 3.8) is 0 Å². The summed E-state index contributed by atoms with van der Waals surface area (Å²) in [5.74, 6) is 1.64. The number of aromatic nitrogens is 2. The van der Waals surface area contributed by atoms with Crippen LogP contribution in [0.1, 0.15) is 58.2 Å². The van der Waals surface area contributed by atoms with Gasteiger partial charge in [0, 0.05) is 18.1 Å². The van der Waals surface area contributed by atoms with Crippen molar-refractivity contribution in [1.29, 1.82) is 0 Å². The van der Waals surface area contributed by atoms with Gasteiger partial charge in [0.1, 0.15) is 0 Å². The van der Waals surface area contributed by atoms with Gasteiger partial charge in [-0.2, -0.15) is 4.98 Å². The van der Waals surface area contributed by atoms with Crippen LogP contribution in [0.4, 0.5) is 0 Å². The molecule has 0 saturated carbocycles. The van der Waals surface area contributed by atoms with Gasteiger partial charge in [0.05, 0.1) is 12.5 Å². The second kappa shape index (κ2) is 6.01. The lowest BCUT2D eigenvalue weighted by Gasteiger charge is -2.29. The van der Waals surface area contributed by atoms with Gasteiger partial charge in [0.2, 0.25) is 5.89 Å². The van der Waals surface area contributed by atoms with Gasteiger partial charge in [0.15, 0.2) is 5.82 Å². The van der Waals surface area contributed by atoms with E-state index >= 15 is 0 Å². The molecule has 2 heterocycles. The molecule has 2 unspecified atom stereocenters. The lowest BCUT2D eigenvalue weighted by Crippen LogP contribution is -2.41. The summed E-state index contributed by atoms with van der Waals surface area (Å²) in [5, 5.41) is 7.67. The molecule has 1 aliphatic heterocycles. The Morgan fingerprint density at radius 3 is 2.79 bits per heavy atom. The Labute approximate surface area is 115 Å². The van der Waals surface area contributed by atoms with Crippen molar-refractivity contribution < 1.29 is 9.26 Å². The summed E-state index contributed by atoms with van der Waals surface area (Å²) < 4.78 is 11.0. The topological polar surface area (TPSA) is 60.2 Å². The van der Waals surface area contributed by atoms with Gasteiger partial charge < -0.3 is 14.6 Å². The highest BCUT2D eigenvalue weighted by Crippen LogP contribution is 2.27. The monoisotopic (exact) mass is 267 g/mol. The zero-order valence-corrected chi connectivity index (χ0v) is 12.4. The van der Waals surface area contributed by atoms with E-state index in [1.807, 2.05) is 0 Å². The molecule has 0 aromatic carbocycles. The van der Waals surface area contributed by atoms with Crippen molar-refractivity contribution in [2.24, 2.45) is 0 Å². The fraction of sp³-hybridized carbons (Fsp3) is 0.857. The standard InChI is InChI=1S/C14H25N3O2/c1-5-7-15-11-6-8-18-9-10(11)12-16-13(17-19-12)14(2,3)4/h10-11,15H,5-9H2,1-4H3. The van der Waals surface area contributed by atoms with E-state index in [1.165, 1.54) is 0 Å². The summed E-state index contributed by atoms with van der Waals surface area (Å²) >= 11 is 0. The van der Waals surface area contributed by atoms with Crippen LogP contribution in [0.3, 0.4) is 0 Å². The first-order valence-corrected chi connectivity index (χ1v) is 7.17. The van der Waals surface area contributed by atoms with Crippen LogP contribution >= 0.6 is 0 Å². The second-order valence-electron chi connectivity index (χ2n) is 6.24. The van der Waals surface area contributed by atoms with Crippen LogP contribution in [0, 0.1) is 0 Å². The van der Waals surface area contributed by atoms with Crippen molar-refractivity contribution >= 4 is 0 Å². The van der Waals surface area contributed by atoms with Crippen LogP contribution < -0.4 is 5.32 Å². The third-order valence-corrected chi connectivity index (χ3v) is 3.44. The maximum absolute atomic E-state index is 5.57. The van der Waals surface area contributed by atoms with Crippen molar-refractivity contribution in [2.45, 2.75) is 57.9 Å². The fourth-order valence-electron chi connectivity index (χ4n) is 2.25. The van der Waals surface area contributed by atoms with E-state index in [0.29, 0.717) is 18.5 Å². The molecule has 0 bridgehead atoms. The van der Waals surface area contributed by atoms with Gasteiger partial charge in [0.25, 0.3) is 0 Å². The van der Waals surface area contributed by atoms with Gasteiger partial charge in [-0.25, -0.2) is 0 Å². The van der Waals surface area contributed by atoms with Crippen LogP contribution in [0.15, 0.2) is 4.52 Å². The Hall–Kier alpha value is -0.940. The van der Waals surface area contributed by atoms with Crippen molar-refractivity contribution in [3.8, 4) is 0 Å². The van der Waals surface area contributed by atoms with E-state index in [1.54, 1.807) is 0 Å². The van der Waals surface area contributed by atoms with Crippen molar-refractivity contribution in [2.75, 3.05) is 19.8 Å². The third kappa shape index (κ3) is 3.54. The van der Waals surface area contributed by atoms with E-state index in [9.17, 15) is 0 Å². The minimum absolute atomic E-state index is 0.0797. The molecule has 2 rings (SSSR count). The van der Waals surface area contributed by atoms with E-state index in [2.05, 4.69) is 43.2 Å². The minimum atomic E-state index is -0.0797. The molecular weight excluding hydrogens is 242 g/mol. The molecule has 0 amide bonds. The number of nitrogens with zero attached hydrogens (tertiary/aromatic N) is 2. The van der Waals surface area contributed by atoms with Gasteiger partial charge in [-0.15, -0.1) is 0 Å². The van der Waals surface area contributed by atoms with Gasteiger partial charge in [-0.3, -0.25) is 0 Å². The minimum Gasteiger partial charge on any atom is -0.381 e. The highest BCUT2D eigenvalue weighted by molar-refractivity contribution is 5.06. The third-order valence-electron chi connectivity index (χ3n) is 3.44. The summed E-state index contributed by atoms with van der Waals surface area (Å²) in [6.45, 7) is 10.9. The van der Waals surface area contributed by atoms with Crippen LogP contribution in [-0.2, 0) is 10.2 Å². The van der Waals surface area contributed by atoms with Crippen LogP contribution in [0.2, 0.25) is 0 Å². The van der Waals surface area contributed by atoms with Crippen molar-refractivity contribution in [3.05, 3.63) is 11.7 Å². The molecule has 1 fully saturated rings. The number of nitrogens with one attached hydrogen (secondary N) is 1. The highest BCUT2D eigenvalue weighted by Gasteiger charge is 2.32. The molecule has 5 nitrogen and oxygen atoms in total. The second-order valence-corrected chi connectivity index (χ2v) is 6.24.